The summed E-state index contributed by atoms with van der Waals surface area (Å²) in [7, 11) is 0. The number of hydrogen-bond donors (Lipinski definition) is 5. The van der Waals surface area contributed by atoms with Crippen LogP contribution in [0.3, 0.4) is 0 Å². The summed E-state index contributed by atoms with van der Waals surface area (Å²) >= 11 is 25.5. The van der Waals surface area contributed by atoms with E-state index in [1.807, 2.05) is 109 Å². The van der Waals surface area contributed by atoms with Gasteiger partial charge in [-0.05, 0) is 133 Å². The number of thiazole rings is 3. The molecule has 0 radical (unpaired) electrons. The number of ketones is 2. The molecule has 6 aromatic carbocycles. The monoisotopic (exact) mass is 1850 g/mol. The fourth-order valence-electron chi connectivity index (χ4n) is 12.1. The van der Waals surface area contributed by atoms with E-state index in [9.17, 15) is 38.4 Å². The van der Waals surface area contributed by atoms with Crippen molar-refractivity contribution in [2.75, 3.05) is 18.4 Å². The van der Waals surface area contributed by atoms with Crippen LogP contribution in [0.15, 0.2) is 232 Å². The fourth-order valence-corrected chi connectivity index (χ4v) is 15.7. The number of imidazole rings is 2. The second kappa shape index (κ2) is 45.5. The number of carbonyl (C=O) groups is 9. The molecule has 6 amide bonds. The number of imide groups is 3. The Hall–Kier alpha value is -10.7. The summed E-state index contributed by atoms with van der Waals surface area (Å²) in [6, 6.07) is 54.7. The minimum Gasteiger partial charge on any atom is -1.00 e. The van der Waals surface area contributed by atoms with Gasteiger partial charge in [-0.1, -0.05) is 124 Å². The number of nitrogens with zero attached hydrogens (tertiary/aromatic N) is 11. The summed E-state index contributed by atoms with van der Waals surface area (Å²) in [4.78, 5) is 154. The molecule has 17 rings (SSSR count). The zero-order valence-electron chi connectivity index (χ0n) is 65.9. The van der Waals surface area contributed by atoms with Crippen molar-refractivity contribution >= 4 is 156 Å². The van der Waals surface area contributed by atoms with Crippen molar-refractivity contribution in [2.45, 2.75) is 39.3 Å². The predicted octanol–water partition coefficient (Wildman–Crippen LogP) is 8.76. The van der Waals surface area contributed by atoms with Crippen LogP contribution in [0, 0.1) is 5.41 Å². The molecule has 122 heavy (non-hydrogen) atoms. The molecule has 0 unspecified atom stereocenters. The molecule has 0 fully saturated rings. The van der Waals surface area contributed by atoms with Gasteiger partial charge in [-0.2, -0.15) is 0 Å². The maximum absolute atomic E-state index is 12.8. The average molecular weight is 1850 g/mol. The van der Waals surface area contributed by atoms with E-state index in [0.717, 1.165) is 102 Å². The zero-order chi connectivity index (χ0) is 84.2. The minimum absolute atomic E-state index is 0. The van der Waals surface area contributed by atoms with Gasteiger partial charge in [0, 0.05) is 107 Å². The van der Waals surface area contributed by atoms with Gasteiger partial charge in [-0.25, -0.2) is 24.9 Å². The van der Waals surface area contributed by atoms with Crippen molar-refractivity contribution in [3.63, 3.8) is 0 Å². The predicted molar refractivity (Wildman–Crippen MR) is 462 cm³/mol. The normalized spacial score (nSPS) is 11.8. The Morgan fingerprint density at radius 1 is 0.500 bits per heavy atom. The Labute approximate surface area is 784 Å². The molecule has 608 valence electrons. The minimum atomic E-state index is -0.394. The van der Waals surface area contributed by atoms with E-state index in [-0.39, 0.29) is 145 Å². The van der Waals surface area contributed by atoms with E-state index in [4.69, 9.17) is 71.7 Å². The molecule has 0 atom stereocenters. The molecule has 0 saturated carbocycles. The molecule has 0 spiro atoms. The number of amides is 6. The second-order valence-electron chi connectivity index (χ2n) is 25.9. The maximum Gasteiger partial charge on any atom is 1.00 e. The quantitative estimate of drug-likeness (QED) is 0.00655. The van der Waals surface area contributed by atoms with Crippen LogP contribution in [0.25, 0.3) is 53.1 Å². The molecule has 0 aliphatic carbocycles. The van der Waals surface area contributed by atoms with Crippen LogP contribution in [-0.4, -0.2) is 142 Å². The Balaban J connectivity index is 0.000000194. The summed E-state index contributed by atoms with van der Waals surface area (Å²) in [6.07, 6.45) is 15.8. The van der Waals surface area contributed by atoms with Crippen molar-refractivity contribution in [2.24, 2.45) is 11.5 Å². The van der Waals surface area contributed by atoms with Crippen molar-refractivity contribution in [1.29, 1.82) is 5.41 Å². The molecule has 11 heterocycles. The number of aromatic nitrogens is 10. The number of fused-ring (bicyclic) bond motifs is 3. The van der Waals surface area contributed by atoms with Gasteiger partial charge in [0.25, 0.3) is 41.9 Å². The van der Waals surface area contributed by atoms with Crippen LogP contribution < -0.4 is 75.8 Å². The SMILES string of the molecule is CC(=O)CN1C(=O)c2ccccc2C1=O.Cl.N=C(N)c1sc(-c2ccncc2)nc1Cc1ccc(Cl)cc1.NCc1cnc(-c2sc(-c3ccncc3)nc2Cc2ccc(Cl)cc2)[nH]1.O=C(CBr)CN1C(=O)c2ccccc2C1=O.O=C1c2ccccc2C(=O)N1Cc1cnc(-c2sc(-c3ccncc3)nc2Cc2ccc(Cl)cc2)[nH]1.O=CO[O-].[H-].[Na+].[Na+]. The van der Waals surface area contributed by atoms with Crippen molar-refractivity contribution in [3.05, 3.63) is 330 Å². The number of rotatable bonds is 21. The molecule has 0 saturated heterocycles. The van der Waals surface area contributed by atoms with Gasteiger partial charge in [0.15, 0.2) is 5.78 Å². The third kappa shape index (κ3) is 24.0. The molecule has 0 bridgehead atoms. The largest absolute Gasteiger partial charge is 1.00 e. The molecule has 37 heteroatoms. The number of hydrogen-bond acceptors (Lipinski definition) is 24. The summed E-state index contributed by atoms with van der Waals surface area (Å²) in [5, 5.41) is 21.1. The van der Waals surface area contributed by atoms with Crippen LogP contribution >= 0.6 is 97.2 Å². The number of nitrogens with one attached hydrogen (secondary N) is 3. The Kier molecular flexibility index (Phi) is 35.5. The number of amidine groups is 1. The van der Waals surface area contributed by atoms with Crippen LogP contribution in [-0.2, 0) is 51.6 Å². The van der Waals surface area contributed by atoms with E-state index < -0.39 is 11.8 Å². The Morgan fingerprint density at radius 3 is 1.13 bits per heavy atom. The van der Waals surface area contributed by atoms with E-state index in [0.29, 0.717) is 85.6 Å². The first-order chi connectivity index (χ1) is 57.6. The van der Waals surface area contributed by atoms with Crippen LogP contribution in [0.5, 0.6) is 0 Å². The number of halogens is 5. The van der Waals surface area contributed by atoms with Crippen molar-refractivity contribution in [1.82, 2.24) is 64.5 Å². The standard InChI is InChI=1S/C27H18ClN5O2S.C19H16ClN5S.C16H13ClN4S.C11H8BrNO3.C11H9NO3.CH2O3.ClH.2Na.H/c28-18-7-5-16(6-8-18)13-22-23(36-25(32-22)17-9-11-29-12-10-17)24-30-14-19(31-24)15-33-26(34)20-3-1-2-4-21(20)27(33)35;20-14-3-1-12(2-4-14)9-16-17(18-23-11-15(10-21)24-18)26-19(25-16)13-5-7-22-8-6-13;17-12-3-1-10(2-4-12)9-13-14(15(18)19)22-16(21-13)11-5-7-20-8-6-11;12-5-7(14)6-13-10(15)8-3-1-2-4-9(8)11(13)16;1-7(13)6-12-10(14)8-4-2-3-5-9(8)11(12)15;2-1-4-3;;;;/h1-12,14H,13,15H2,(H,30,31);1-8,11H,9-10,21H2,(H,23,24);1-8H,9H2,(H3,18,19);1-4H,5-6H2;2-5H,6H2,1H3;1,3H;1H;;;/q;;;;;;;2*+1;-1/p-1. The van der Waals surface area contributed by atoms with E-state index in [2.05, 4.69) is 60.7 Å². The van der Waals surface area contributed by atoms with Gasteiger partial charge in [0.1, 0.15) is 38.3 Å². The number of nitrogen functional groups attached to an aromatic ring is 1. The number of aromatic amines is 2. The van der Waals surface area contributed by atoms with Gasteiger partial charge in [0.2, 0.25) is 0 Å². The number of H-pyrrole nitrogens is 2. The Morgan fingerprint density at radius 2 is 0.811 bits per heavy atom. The van der Waals surface area contributed by atoms with Crippen LogP contribution in [0.4, 0.5) is 0 Å². The summed E-state index contributed by atoms with van der Waals surface area (Å²) < 4.78 is 0. The van der Waals surface area contributed by atoms with Gasteiger partial charge < -0.3 is 33.0 Å². The molecule has 3 aliphatic rings. The maximum atomic E-state index is 12.8. The smallest absolute Gasteiger partial charge is 1.00 e. The van der Waals surface area contributed by atoms with Gasteiger partial charge in [0.05, 0.1) is 102 Å². The first-order valence-electron chi connectivity index (χ1n) is 35.8. The van der Waals surface area contributed by atoms with E-state index >= 15 is 0 Å². The fraction of sp³-hybridized carbons (Fsp3) is 0.106. The zero-order valence-corrected chi connectivity index (χ0v) is 76.0. The van der Waals surface area contributed by atoms with E-state index in [1.165, 1.54) is 34.5 Å². The molecular weight excluding hydrogens is 1780 g/mol. The molecule has 7 N–H and O–H groups in total. The third-order valence-corrected chi connectivity index (χ3v) is 22.6. The van der Waals surface area contributed by atoms with Gasteiger partial charge in [-0.3, -0.25) is 78.2 Å². The number of benzene rings is 6. The molecular formula is C85H67BrCl4N16Na2O11S3. The summed E-state index contributed by atoms with van der Waals surface area (Å²) in [5.74, 6) is -1.07. The summed E-state index contributed by atoms with van der Waals surface area (Å²) in [6.45, 7) is 1.39. The Bertz CT molecular complexity index is 5980. The summed E-state index contributed by atoms with van der Waals surface area (Å²) in [5.41, 5.74) is 24.3. The number of alkyl halides is 1. The number of carbonyl (C=O) groups excluding carboxylic acids is 9. The molecule has 8 aromatic heterocycles. The third-order valence-electron chi connectivity index (χ3n) is 17.7. The van der Waals surface area contributed by atoms with Gasteiger partial charge >= 0.3 is 59.1 Å². The number of nitrogens with two attached hydrogens (primary N) is 2. The van der Waals surface area contributed by atoms with Gasteiger partial charge in [-0.15, -0.1) is 46.4 Å². The number of pyridine rings is 3. The molecule has 3 aliphatic heterocycles. The van der Waals surface area contributed by atoms with E-state index in [1.54, 1.807) is 134 Å². The van der Waals surface area contributed by atoms with Crippen molar-refractivity contribution < 1.29 is 114 Å². The molecule has 27 nitrogen and oxygen atoms in total. The van der Waals surface area contributed by atoms with Crippen LogP contribution in [0.1, 0.15) is 121 Å². The second-order valence-corrected chi connectivity index (χ2v) is 30.8. The first-order valence-corrected chi connectivity index (χ1v) is 40.5. The molecule has 14 aromatic rings. The number of Topliss-reactive ketones (excluding diaryl/α,β-unsaturated/α-hetero) is 2. The van der Waals surface area contributed by atoms with Crippen LogP contribution in [0.2, 0.25) is 15.1 Å². The topological polar surface area (TPSA) is 406 Å². The first kappa shape index (κ1) is 95.2. The average Bonchev–Trinajstić information content (AvgIpc) is 1.64. The van der Waals surface area contributed by atoms with Crippen molar-refractivity contribution in [3.8, 4) is 53.1 Å².